The molecule has 0 atom stereocenters. The molecule has 9 heteroatoms. The summed E-state index contributed by atoms with van der Waals surface area (Å²) < 4.78 is 9.56. The number of halogens is 2. The molecule has 21 heavy (non-hydrogen) atoms. The zero-order valence-corrected chi connectivity index (χ0v) is 13.0. The molecule has 0 spiro atoms. The minimum absolute atomic E-state index is 0.0261. The molecule has 2 aromatic rings. The third-order valence-corrected chi connectivity index (χ3v) is 4.35. The molecule has 0 saturated heterocycles. The quantitative estimate of drug-likeness (QED) is 0.614. The van der Waals surface area contributed by atoms with E-state index in [2.05, 4.69) is 14.5 Å². The zero-order chi connectivity index (χ0) is 15.7. The molecule has 6 nitrogen and oxygen atoms in total. The van der Waals surface area contributed by atoms with Crippen LogP contribution >= 0.6 is 34.5 Å². The average molecular weight is 345 g/mol. The number of thiophene rings is 1. The number of esters is 2. The SMILES string of the molecule is COC(=O)c1sc2c(C#N)c(Cl)nc(Cl)c2c1C(=O)OC. The number of carbonyl (C=O) groups excluding carboxylic acids is 2. The van der Waals surface area contributed by atoms with Gasteiger partial charge in [0.1, 0.15) is 26.8 Å². The van der Waals surface area contributed by atoms with E-state index in [0.717, 1.165) is 18.4 Å². The number of pyridine rings is 1. The molecular weight excluding hydrogens is 339 g/mol. The van der Waals surface area contributed by atoms with Crippen LogP contribution in [0.2, 0.25) is 10.3 Å². The van der Waals surface area contributed by atoms with Crippen LogP contribution in [0, 0.1) is 11.3 Å². The molecule has 0 aliphatic carbocycles. The Morgan fingerprint density at radius 3 is 2.33 bits per heavy atom. The summed E-state index contributed by atoms with van der Waals surface area (Å²) in [6, 6.07) is 1.87. The van der Waals surface area contributed by atoms with Gasteiger partial charge in [-0.2, -0.15) is 5.26 Å². The summed E-state index contributed by atoms with van der Waals surface area (Å²) in [6.07, 6.45) is 0. The molecule has 0 unspecified atom stereocenters. The Kier molecular flexibility index (Phi) is 4.32. The van der Waals surface area contributed by atoms with Crippen LogP contribution in [-0.2, 0) is 9.47 Å². The Bertz CT molecular complexity index is 810. The average Bonchev–Trinajstić information content (AvgIpc) is 2.86. The van der Waals surface area contributed by atoms with E-state index in [1.54, 1.807) is 0 Å². The lowest BCUT2D eigenvalue weighted by Gasteiger charge is -2.03. The van der Waals surface area contributed by atoms with Crippen LogP contribution < -0.4 is 0 Å². The van der Waals surface area contributed by atoms with Crippen molar-refractivity contribution in [1.82, 2.24) is 4.98 Å². The molecule has 108 valence electrons. The molecule has 0 aliphatic heterocycles. The fourth-order valence-corrected chi connectivity index (χ4v) is 3.58. The number of rotatable bonds is 2. The zero-order valence-electron chi connectivity index (χ0n) is 10.7. The van der Waals surface area contributed by atoms with E-state index < -0.39 is 11.9 Å². The van der Waals surface area contributed by atoms with Crippen molar-refractivity contribution in [3.05, 3.63) is 26.3 Å². The van der Waals surface area contributed by atoms with Crippen LogP contribution in [0.25, 0.3) is 10.1 Å². The monoisotopic (exact) mass is 344 g/mol. The van der Waals surface area contributed by atoms with E-state index in [4.69, 9.17) is 28.5 Å². The van der Waals surface area contributed by atoms with Gasteiger partial charge in [0.05, 0.1) is 24.5 Å². The third kappa shape index (κ3) is 2.42. The molecule has 0 aliphatic rings. The van der Waals surface area contributed by atoms with Gasteiger partial charge in [0.15, 0.2) is 0 Å². The molecule has 0 N–H and O–H groups in total. The Morgan fingerprint density at radius 1 is 1.19 bits per heavy atom. The van der Waals surface area contributed by atoms with Gasteiger partial charge in [-0.1, -0.05) is 23.2 Å². The first-order chi connectivity index (χ1) is 9.96. The van der Waals surface area contributed by atoms with Crippen LogP contribution in [0.4, 0.5) is 0 Å². The van der Waals surface area contributed by atoms with Crippen molar-refractivity contribution >= 4 is 56.6 Å². The minimum Gasteiger partial charge on any atom is -0.465 e. The third-order valence-electron chi connectivity index (χ3n) is 2.62. The summed E-state index contributed by atoms with van der Waals surface area (Å²) in [6.45, 7) is 0. The first-order valence-electron chi connectivity index (χ1n) is 5.34. The normalized spacial score (nSPS) is 10.2. The minimum atomic E-state index is -0.781. The fourth-order valence-electron chi connectivity index (χ4n) is 1.73. The predicted octanol–water partition coefficient (Wildman–Crippen LogP) is 3.05. The fraction of sp³-hybridized carbons (Fsp3) is 0.167. The van der Waals surface area contributed by atoms with Gasteiger partial charge in [0.2, 0.25) is 0 Å². The van der Waals surface area contributed by atoms with Crippen molar-refractivity contribution in [3.63, 3.8) is 0 Å². The summed E-state index contributed by atoms with van der Waals surface area (Å²) >= 11 is 12.7. The molecule has 0 saturated carbocycles. The number of aromatic nitrogens is 1. The lowest BCUT2D eigenvalue weighted by molar-refractivity contribution is 0.0561. The van der Waals surface area contributed by atoms with E-state index in [1.165, 1.54) is 7.11 Å². The largest absolute Gasteiger partial charge is 0.465 e. The molecule has 0 fully saturated rings. The second-order valence-corrected chi connectivity index (χ2v) is 5.41. The molecule has 0 amide bonds. The molecule has 0 radical (unpaired) electrons. The van der Waals surface area contributed by atoms with Crippen LogP contribution in [-0.4, -0.2) is 31.1 Å². The maximum absolute atomic E-state index is 11.9. The first kappa shape index (κ1) is 15.5. The summed E-state index contributed by atoms with van der Waals surface area (Å²) in [7, 11) is 2.33. The number of methoxy groups -OCH3 is 2. The lowest BCUT2D eigenvalue weighted by atomic mass is 10.1. The standard InChI is InChI=1S/C12H6Cl2N2O4S/c1-19-11(17)6-5-7(21-8(6)12(18)20-2)4(3-15)9(13)16-10(5)14/h1-2H3. The Morgan fingerprint density at radius 2 is 1.81 bits per heavy atom. The van der Waals surface area contributed by atoms with E-state index in [1.807, 2.05) is 6.07 Å². The molecule has 0 aromatic carbocycles. The summed E-state index contributed by atoms with van der Waals surface area (Å²) in [5.74, 6) is -1.52. The van der Waals surface area contributed by atoms with Gasteiger partial charge < -0.3 is 9.47 Å². The van der Waals surface area contributed by atoms with Crippen molar-refractivity contribution < 1.29 is 19.1 Å². The Labute approximate surface area is 132 Å². The van der Waals surface area contributed by atoms with Gasteiger partial charge in [0, 0.05) is 5.39 Å². The second kappa shape index (κ2) is 5.85. The Balaban J connectivity index is 3.00. The molecule has 0 bridgehead atoms. The topological polar surface area (TPSA) is 89.3 Å². The van der Waals surface area contributed by atoms with Crippen molar-refractivity contribution in [2.45, 2.75) is 0 Å². The molecular formula is C12H6Cl2N2O4S. The van der Waals surface area contributed by atoms with Crippen LogP contribution in [0.5, 0.6) is 0 Å². The highest BCUT2D eigenvalue weighted by molar-refractivity contribution is 7.21. The van der Waals surface area contributed by atoms with Crippen molar-refractivity contribution in [2.24, 2.45) is 0 Å². The maximum Gasteiger partial charge on any atom is 0.348 e. The van der Waals surface area contributed by atoms with Gasteiger partial charge in [-0.05, 0) is 0 Å². The van der Waals surface area contributed by atoms with Crippen molar-refractivity contribution in [1.29, 1.82) is 5.26 Å². The number of ether oxygens (including phenoxy) is 2. The Hall–Kier alpha value is -1.88. The number of nitrogens with zero attached hydrogens (tertiary/aromatic N) is 2. The van der Waals surface area contributed by atoms with Gasteiger partial charge in [-0.3, -0.25) is 0 Å². The number of carbonyl (C=O) groups is 2. The van der Waals surface area contributed by atoms with Gasteiger partial charge >= 0.3 is 11.9 Å². The second-order valence-electron chi connectivity index (χ2n) is 3.67. The van der Waals surface area contributed by atoms with E-state index in [9.17, 15) is 9.59 Å². The summed E-state index contributed by atoms with van der Waals surface area (Å²) in [4.78, 5) is 27.5. The lowest BCUT2D eigenvalue weighted by Crippen LogP contribution is -2.09. The van der Waals surface area contributed by atoms with Crippen LogP contribution in [0.1, 0.15) is 25.6 Å². The summed E-state index contributed by atoms with van der Waals surface area (Å²) in [5, 5.41) is 9.10. The number of hydrogen-bond donors (Lipinski definition) is 0. The molecule has 2 rings (SSSR count). The van der Waals surface area contributed by atoms with Crippen molar-refractivity contribution in [3.8, 4) is 6.07 Å². The highest BCUT2D eigenvalue weighted by Gasteiger charge is 2.29. The van der Waals surface area contributed by atoms with Crippen LogP contribution in [0.3, 0.4) is 0 Å². The summed E-state index contributed by atoms with van der Waals surface area (Å²) in [5.41, 5.74) is -0.0589. The van der Waals surface area contributed by atoms with Gasteiger partial charge in [-0.15, -0.1) is 11.3 Å². The number of nitriles is 1. The highest BCUT2D eigenvalue weighted by Crippen LogP contribution is 2.40. The predicted molar refractivity (Wildman–Crippen MR) is 77.0 cm³/mol. The smallest absolute Gasteiger partial charge is 0.348 e. The molecule has 2 heterocycles. The van der Waals surface area contributed by atoms with Gasteiger partial charge in [-0.25, -0.2) is 14.6 Å². The highest BCUT2D eigenvalue weighted by atomic mass is 35.5. The van der Waals surface area contributed by atoms with Crippen molar-refractivity contribution in [2.75, 3.05) is 14.2 Å². The maximum atomic E-state index is 11.9. The number of fused-ring (bicyclic) bond motifs is 1. The van der Waals surface area contributed by atoms with Gasteiger partial charge in [0.25, 0.3) is 0 Å². The van der Waals surface area contributed by atoms with E-state index in [-0.39, 0.29) is 36.4 Å². The molecule has 2 aromatic heterocycles. The van der Waals surface area contributed by atoms with E-state index >= 15 is 0 Å². The van der Waals surface area contributed by atoms with Crippen LogP contribution in [0.15, 0.2) is 0 Å². The first-order valence-corrected chi connectivity index (χ1v) is 6.91. The number of hydrogen-bond acceptors (Lipinski definition) is 7. The van der Waals surface area contributed by atoms with E-state index in [0.29, 0.717) is 0 Å².